The monoisotopic (exact) mass is 1570 g/mol. The summed E-state index contributed by atoms with van der Waals surface area (Å²) in [4.78, 5) is 0. The Labute approximate surface area is 644 Å². The van der Waals surface area contributed by atoms with Crippen LogP contribution in [0.25, 0.3) is 0 Å². The Morgan fingerprint density at radius 3 is 0.505 bits per heavy atom. The molecule has 0 saturated heterocycles. The molecular formula is C91H75N5O5P8. The maximum absolute atomic E-state index is 7.68. The van der Waals surface area contributed by atoms with E-state index in [1.54, 1.807) is 7.05 Å². The van der Waals surface area contributed by atoms with E-state index in [0.29, 0.717) is 28.7 Å². The van der Waals surface area contributed by atoms with Gasteiger partial charge in [0.1, 0.15) is 28.7 Å². The second-order valence-electron chi connectivity index (χ2n) is 25.3. The van der Waals surface area contributed by atoms with Crippen molar-refractivity contribution in [3.63, 3.8) is 0 Å². The summed E-state index contributed by atoms with van der Waals surface area (Å²) in [7, 11) is -16.2. The smallest absolute Gasteiger partial charge is 0.430 e. The lowest BCUT2D eigenvalue weighted by atomic mass is 10.3. The van der Waals surface area contributed by atoms with Gasteiger partial charge in [-0.25, -0.2) is 0 Å². The molecule has 0 spiro atoms. The van der Waals surface area contributed by atoms with Crippen molar-refractivity contribution in [1.82, 2.24) is 4.78 Å². The Balaban J connectivity index is 0.910. The van der Waals surface area contributed by atoms with Crippen LogP contribution in [0.15, 0.2) is 438 Å². The summed E-state index contributed by atoms with van der Waals surface area (Å²) in [6, 6.07) is 147. The number of nitrogens with two attached hydrogens (primary N) is 1. The minimum Gasteiger partial charge on any atom is -0.430 e. The van der Waals surface area contributed by atoms with Crippen molar-refractivity contribution < 1.29 is 22.6 Å². The van der Waals surface area contributed by atoms with E-state index in [-0.39, 0.29) is 0 Å². The van der Waals surface area contributed by atoms with E-state index in [1.807, 2.05) is 60.7 Å². The van der Waals surface area contributed by atoms with Crippen molar-refractivity contribution in [3.05, 3.63) is 425 Å². The molecule has 0 aliphatic carbocycles. The van der Waals surface area contributed by atoms with Gasteiger partial charge in [0, 0.05) is 7.05 Å². The van der Waals surface area contributed by atoms with Crippen molar-refractivity contribution in [2.75, 3.05) is 7.05 Å². The standard InChI is InChI=1S/C91H75N5O5P8/c1-96(92)107(97-72-52-62-87(63-53-72)102(77-32-12-2-13-33-77)78-34-14-3-15-35-78)93-108(98-73-54-64-88(65-55-73)103(79-36-16-4-17-37-79)80-38-18-5-19-39-80,99-74-56-66-89(67-57-74)104(81-40-20-6-21-41-81)82-42-22-7-23-43-82)95-109(94-107,100-75-58-68-90(69-59-75)105(83-44-24-8-25-45-83)84-46-26-9-27-47-84)101-76-60-70-91(71-61-76)106(85-48-28-10-29-49-85)86-50-30-11-31-51-86/h2-71H,92H2,1H3. The fraction of sp³-hybridized carbons (Fsp3) is 0.0110. The van der Waals surface area contributed by atoms with Crippen molar-refractivity contribution in [2.45, 2.75) is 0 Å². The van der Waals surface area contributed by atoms with Gasteiger partial charge in [-0.2, -0.15) is 4.78 Å². The second-order valence-corrected chi connectivity index (χ2v) is 43.1. The van der Waals surface area contributed by atoms with Crippen molar-refractivity contribution in [2.24, 2.45) is 19.4 Å². The van der Waals surface area contributed by atoms with Gasteiger partial charge in [0.15, 0.2) is 0 Å². The molecular weight excluding hydrogens is 1490 g/mol. The molecule has 534 valence electrons. The Morgan fingerprint density at radius 2 is 0.339 bits per heavy atom. The predicted molar refractivity (Wildman–Crippen MR) is 469 cm³/mol. The quantitative estimate of drug-likeness (QED) is 0.0326. The zero-order valence-corrected chi connectivity index (χ0v) is 66.6. The molecule has 1 aliphatic rings. The van der Waals surface area contributed by atoms with Gasteiger partial charge < -0.3 is 22.6 Å². The largest absolute Gasteiger partial charge is 0.459 e. The number of rotatable bonds is 26. The molecule has 1 unspecified atom stereocenters. The molecule has 109 heavy (non-hydrogen) atoms. The van der Waals surface area contributed by atoms with E-state index in [4.69, 9.17) is 42.0 Å². The van der Waals surface area contributed by atoms with Crippen LogP contribution in [-0.4, -0.2) is 11.8 Å². The average Bonchev–Trinajstić information content (AvgIpc) is 0.724. The highest BCUT2D eigenvalue weighted by molar-refractivity contribution is 7.82. The molecule has 15 aromatic rings. The van der Waals surface area contributed by atoms with Crippen LogP contribution in [0.4, 0.5) is 0 Å². The van der Waals surface area contributed by atoms with E-state index < -0.39 is 62.5 Å². The Bertz CT molecular complexity index is 4920. The van der Waals surface area contributed by atoms with E-state index >= 15 is 0 Å². The van der Waals surface area contributed by atoms with Crippen LogP contribution in [-0.2, 0) is 0 Å². The molecule has 0 radical (unpaired) electrons. The molecule has 1 heterocycles. The topological polar surface area (TPSA) is 112 Å². The number of hydrazine groups is 1. The third-order valence-corrected chi connectivity index (χ3v) is 38.6. The molecule has 2 N–H and O–H groups in total. The molecule has 0 saturated carbocycles. The highest BCUT2D eigenvalue weighted by Gasteiger charge is 2.49. The molecule has 0 aromatic heterocycles. The van der Waals surface area contributed by atoms with E-state index in [2.05, 4.69) is 364 Å². The first-order valence-corrected chi connectivity index (χ1v) is 46.9. The number of benzene rings is 15. The van der Waals surface area contributed by atoms with Crippen LogP contribution in [0, 0.1) is 0 Å². The zero-order valence-electron chi connectivity index (χ0n) is 59.4. The van der Waals surface area contributed by atoms with Gasteiger partial charge in [-0.05, 0) is 180 Å². The van der Waals surface area contributed by atoms with Crippen LogP contribution < -0.4 is 108 Å². The summed E-state index contributed by atoms with van der Waals surface area (Å²) in [5, 5.41) is 17.6. The van der Waals surface area contributed by atoms with Gasteiger partial charge >= 0.3 is 22.9 Å². The molecule has 0 fully saturated rings. The van der Waals surface area contributed by atoms with Crippen molar-refractivity contribution in [1.29, 1.82) is 0 Å². The summed E-state index contributed by atoms with van der Waals surface area (Å²) >= 11 is 0. The van der Waals surface area contributed by atoms with Gasteiger partial charge in [-0.1, -0.05) is 368 Å². The van der Waals surface area contributed by atoms with Gasteiger partial charge in [0.05, 0.1) is 0 Å². The SMILES string of the molecule is CN(N)P1(Oc2ccc(P(c3ccccc3)c3ccccc3)cc2)=NP(Oc2ccc(P(c3ccccc3)c3ccccc3)cc2)(Oc2ccc(P(c3ccccc3)c3ccccc3)cc2)=NP(Oc2ccc(P(c3ccccc3)c3ccccc3)cc2)(Oc2ccc(P(c3ccccc3)c3ccccc3)cc2)=N1. The summed E-state index contributed by atoms with van der Waals surface area (Å²) < 4.78 is 57.1. The van der Waals surface area contributed by atoms with Crippen molar-refractivity contribution >= 4 is 142 Å². The lowest BCUT2D eigenvalue weighted by Crippen LogP contribution is -2.26. The lowest BCUT2D eigenvalue weighted by Gasteiger charge is -2.35. The summed E-state index contributed by atoms with van der Waals surface area (Å²) in [6.07, 6.45) is 0. The average molecular weight is 1570 g/mol. The normalized spacial score (nSPS) is 14.3. The van der Waals surface area contributed by atoms with Crippen LogP contribution in [0.5, 0.6) is 28.7 Å². The van der Waals surface area contributed by atoms with Crippen LogP contribution in [0.1, 0.15) is 0 Å². The molecule has 10 nitrogen and oxygen atoms in total. The van der Waals surface area contributed by atoms with E-state index in [0.717, 1.165) is 26.5 Å². The third-order valence-electron chi connectivity index (χ3n) is 17.8. The summed E-state index contributed by atoms with van der Waals surface area (Å²) in [6.45, 7) is 0. The predicted octanol–water partition coefficient (Wildman–Crippen LogP) is 18.8. The second kappa shape index (κ2) is 34.3. The van der Waals surface area contributed by atoms with E-state index in [9.17, 15) is 0 Å². The molecule has 16 rings (SSSR count). The number of nitrogens with zero attached hydrogens (tertiary/aromatic N) is 4. The molecule has 15 aromatic carbocycles. The van der Waals surface area contributed by atoms with Crippen LogP contribution in [0.2, 0.25) is 0 Å². The first-order chi connectivity index (χ1) is 53.7. The fourth-order valence-electron chi connectivity index (χ4n) is 12.9. The van der Waals surface area contributed by atoms with Gasteiger partial charge in [0.25, 0.3) is 0 Å². The molecule has 0 bridgehead atoms. The lowest BCUT2D eigenvalue weighted by molar-refractivity contribution is 0.444. The highest BCUT2D eigenvalue weighted by Crippen LogP contribution is 2.79. The maximum atomic E-state index is 7.68. The maximum Gasteiger partial charge on any atom is 0.459 e. The number of hydrogen-bond donors (Lipinski definition) is 1. The number of hydrogen-bond acceptors (Lipinski definition) is 10. The highest BCUT2D eigenvalue weighted by atomic mass is 31.3. The third kappa shape index (κ3) is 17.2. The first-order valence-electron chi connectivity index (χ1n) is 35.6. The fourth-order valence-corrected chi connectivity index (χ4v) is 33.8. The van der Waals surface area contributed by atoms with Gasteiger partial charge in [0.2, 0.25) is 0 Å². The van der Waals surface area contributed by atoms with Crippen LogP contribution in [0.3, 0.4) is 0 Å². The molecule has 18 heteroatoms. The van der Waals surface area contributed by atoms with Gasteiger partial charge in [-0.3, -0.25) is 5.84 Å². The molecule has 0 amide bonds. The summed E-state index contributed by atoms with van der Waals surface area (Å²) in [5.74, 6) is 9.63. The summed E-state index contributed by atoms with van der Waals surface area (Å²) in [5.41, 5.74) is 0. The molecule has 1 atom stereocenters. The van der Waals surface area contributed by atoms with Crippen molar-refractivity contribution in [3.8, 4) is 28.7 Å². The van der Waals surface area contributed by atoms with Crippen LogP contribution >= 0.6 is 62.5 Å². The van der Waals surface area contributed by atoms with E-state index in [1.165, 1.54) is 57.8 Å². The zero-order chi connectivity index (χ0) is 73.7. The first kappa shape index (κ1) is 73.2. The Kier molecular flexibility index (Phi) is 23.1. The van der Waals surface area contributed by atoms with Gasteiger partial charge in [-0.15, -0.1) is 9.03 Å². The molecule has 1 aliphatic heterocycles. The minimum atomic E-state index is -4.39. The minimum absolute atomic E-state index is 0.422. The Hall–Kier alpha value is -9.94. The Morgan fingerprint density at radius 1 is 0.193 bits per heavy atom.